The summed E-state index contributed by atoms with van der Waals surface area (Å²) in [6.07, 6.45) is 5.38. The van der Waals surface area contributed by atoms with Crippen LogP contribution in [0.1, 0.15) is 6.92 Å². The van der Waals surface area contributed by atoms with E-state index in [1.165, 1.54) is 0 Å². The predicted octanol–water partition coefficient (Wildman–Crippen LogP) is 1.22. The van der Waals surface area contributed by atoms with E-state index in [4.69, 9.17) is 9.97 Å². The number of fused-ring (bicyclic) bond motifs is 1. The summed E-state index contributed by atoms with van der Waals surface area (Å²) < 4.78 is 1.80. The van der Waals surface area contributed by atoms with E-state index in [0.717, 1.165) is 42.0 Å². The molecule has 0 unspecified atom stereocenters. The first-order valence-electron chi connectivity index (χ1n) is 7.81. The van der Waals surface area contributed by atoms with E-state index >= 15 is 0 Å². The number of aryl methyl sites for hydroxylation is 1. The summed E-state index contributed by atoms with van der Waals surface area (Å²) >= 11 is 0. The fourth-order valence-electron chi connectivity index (χ4n) is 3.00. The third kappa shape index (κ3) is 2.53. The van der Waals surface area contributed by atoms with E-state index in [0.29, 0.717) is 11.9 Å². The number of hydrogen-bond donors (Lipinski definition) is 1. The molecule has 4 heterocycles. The Hall–Kier alpha value is -2.54. The number of nitrogens with zero attached hydrogens (tertiary/aromatic N) is 6. The summed E-state index contributed by atoms with van der Waals surface area (Å²) in [5, 5.41) is 8.83. The summed E-state index contributed by atoms with van der Waals surface area (Å²) in [4.78, 5) is 15.9. The molecule has 1 atom stereocenters. The Morgan fingerprint density at radius 1 is 1.22 bits per heavy atom. The predicted molar refractivity (Wildman–Crippen MR) is 89.2 cm³/mol. The van der Waals surface area contributed by atoms with Gasteiger partial charge in [-0.3, -0.25) is 9.67 Å². The van der Waals surface area contributed by atoms with Gasteiger partial charge in [-0.1, -0.05) is 0 Å². The van der Waals surface area contributed by atoms with Crippen molar-refractivity contribution in [2.24, 2.45) is 7.05 Å². The van der Waals surface area contributed by atoms with Gasteiger partial charge in [0.25, 0.3) is 0 Å². The molecule has 1 aliphatic rings. The second kappa shape index (κ2) is 5.58. The van der Waals surface area contributed by atoms with Gasteiger partial charge in [-0.05, 0) is 19.1 Å². The molecule has 23 heavy (non-hydrogen) atoms. The SMILES string of the molecule is C[C@H]1CN(c2nc(-c3ccncc3)nc3c2cnn3C)CCN1. The Labute approximate surface area is 134 Å². The summed E-state index contributed by atoms with van der Waals surface area (Å²) in [5.74, 6) is 1.67. The zero-order chi connectivity index (χ0) is 15.8. The van der Waals surface area contributed by atoms with Gasteiger partial charge in [-0.2, -0.15) is 5.10 Å². The quantitative estimate of drug-likeness (QED) is 0.767. The molecular formula is C16H19N7. The molecule has 1 saturated heterocycles. The molecule has 0 bridgehead atoms. The average Bonchev–Trinajstić information content (AvgIpc) is 2.96. The first-order chi connectivity index (χ1) is 11.2. The number of anilines is 1. The molecule has 1 aliphatic heterocycles. The van der Waals surface area contributed by atoms with E-state index in [-0.39, 0.29) is 0 Å². The maximum atomic E-state index is 4.85. The van der Waals surface area contributed by atoms with Crippen LogP contribution in [0.4, 0.5) is 5.82 Å². The topological polar surface area (TPSA) is 71.8 Å². The van der Waals surface area contributed by atoms with Crippen molar-refractivity contribution >= 4 is 16.9 Å². The standard InChI is InChI=1S/C16H19N7/c1-11-10-23(8-7-18-11)16-13-9-19-22(2)15(13)20-14(21-16)12-3-5-17-6-4-12/h3-6,9,11,18H,7-8,10H2,1-2H3/t11-/m0/s1. The highest BCUT2D eigenvalue weighted by Gasteiger charge is 2.22. The van der Waals surface area contributed by atoms with Crippen LogP contribution >= 0.6 is 0 Å². The van der Waals surface area contributed by atoms with Crippen LogP contribution in [-0.2, 0) is 7.05 Å². The van der Waals surface area contributed by atoms with Crippen LogP contribution in [-0.4, -0.2) is 50.4 Å². The molecule has 0 saturated carbocycles. The molecule has 3 aromatic heterocycles. The van der Waals surface area contributed by atoms with E-state index in [1.54, 1.807) is 17.1 Å². The van der Waals surface area contributed by atoms with E-state index in [2.05, 4.69) is 27.2 Å². The van der Waals surface area contributed by atoms with Crippen molar-refractivity contribution in [1.29, 1.82) is 0 Å². The molecule has 1 N–H and O–H groups in total. The summed E-state index contributed by atoms with van der Waals surface area (Å²) in [6, 6.07) is 4.30. The fourth-order valence-corrected chi connectivity index (χ4v) is 3.00. The van der Waals surface area contributed by atoms with Gasteiger partial charge < -0.3 is 10.2 Å². The van der Waals surface area contributed by atoms with Crippen molar-refractivity contribution in [2.75, 3.05) is 24.5 Å². The minimum atomic E-state index is 0.440. The van der Waals surface area contributed by atoms with Gasteiger partial charge in [0.15, 0.2) is 11.5 Å². The van der Waals surface area contributed by atoms with Crippen LogP contribution in [0.2, 0.25) is 0 Å². The van der Waals surface area contributed by atoms with Crippen molar-refractivity contribution in [2.45, 2.75) is 13.0 Å². The molecule has 118 valence electrons. The van der Waals surface area contributed by atoms with Gasteiger partial charge in [-0.15, -0.1) is 0 Å². The van der Waals surface area contributed by atoms with Gasteiger partial charge in [0.2, 0.25) is 0 Å². The Morgan fingerprint density at radius 3 is 2.83 bits per heavy atom. The normalized spacial score (nSPS) is 18.5. The highest BCUT2D eigenvalue weighted by molar-refractivity contribution is 5.88. The number of aromatic nitrogens is 5. The second-order valence-electron chi connectivity index (χ2n) is 5.91. The van der Waals surface area contributed by atoms with E-state index in [9.17, 15) is 0 Å². The van der Waals surface area contributed by atoms with Crippen LogP contribution in [0.25, 0.3) is 22.4 Å². The summed E-state index contributed by atoms with van der Waals surface area (Å²) in [6.45, 7) is 5.01. The first-order valence-corrected chi connectivity index (χ1v) is 7.81. The number of piperazine rings is 1. The van der Waals surface area contributed by atoms with Crippen molar-refractivity contribution in [3.63, 3.8) is 0 Å². The molecule has 0 radical (unpaired) electrons. The molecule has 7 heteroatoms. The molecule has 7 nitrogen and oxygen atoms in total. The van der Waals surface area contributed by atoms with Gasteiger partial charge in [0.1, 0.15) is 5.82 Å². The van der Waals surface area contributed by atoms with Crippen molar-refractivity contribution in [3.8, 4) is 11.4 Å². The number of nitrogens with one attached hydrogen (secondary N) is 1. The molecule has 0 amide bonds. The van der Waals surface area contributed by atoms with E-state index < -0.39 is 0 Å². The molecule has 1 fully saturated rings. The number of rotatable bonds is 2. The summed E-state index contributed by atoms with van der Waals surface area (Å²) in [7, 11) is 1.91. The lowest BCUT2D eigenvalue weighted by atomic mass is 10.2. The number of pyridine rings is 1. The Bertz CT molecular complexity index is 827. The third-order valence-corrected chi connectivity index (χ3v) is 4.18. The highest BCUT2D eigenvalue weighted by Crippen LogP contribution is 2.27. The second-order valence-corrected chi connectivity index (χ2v) is 5.91. The van der Waals surface area contributed by atoms with Gasteiger partial charge in [0, 0.05) is 50.7 Å². The zero-order valence-electron chi connectivity index (χ0n) is 13.3. The van der Waals surface area contributed by atoms with Crippen LogP contribution in [0.3, 0.4) is 0 Å². The molecular weight excluding hydrogens is 290 g/mol. The zero-order valence-corrected chi connectivity index (χ0v) is 13.3. The number of hydrogen-bond acceptors (Lipinski definition) is 6. The van der Waals surface area contributed by atoms with Gasteiger partial charge >= 0.3 is 0 Å². The average molecular weight is 309 g/mol. The lowest BCUT2D eigenvalue weighted by Crippen LogP contribution is -2.49. The van der Waals surface area contributed by atoms with Crippen LogP contribution < -0.4 is 10.2 Å². The largest absolute Gasteiger partial charge is 0.353 e. The molecule has 0 aromatic carbocycles. The molecule has 4 rings (SSSR count). The highest BCUT2D eigenvalue weighted by atomic mass is 15.3. The lowest BCUT2D eigenvalue weighted by Gasteiger charge is -2.33. The molecule has 3 aromatic rings. The minimum absolute atomic E-state index is 0.440. The van der Waals surface area contributed by atoms with Gasteiger partial charge in [0.05, 0.1) is 11.6 Å². The van der Waals surface area contributed by atoms with Gasteiger partial charge in [-0.25, -0.2) is 9.97 Å². The summed E-state index contributed by atoms with van der Waals surface area (Å²) in [5.41, 5.74) is 1.82. The van der Waals surface area contributed by atoms with Crippen molar-refractivity contribution in [3.05, 3.63) is 30.7 Å². The monoisotopic (exact) mass is 309 g/mol. The Morgan fingerprint density at radius 2 is 2.04 bits per heavy atom. The lowest BCUT2D eigenvalue weighted by molar-refractivity contribution is 0.483. The third-order valence-electron chi connectivity index (χ3n) is 4.18. The minimum Gasteiger partial charge on any atom is -0.353 e. The van der Waals surface area contributed by atoms with E-state index in [1.807, 2.05) is 25.4 Å². The smallest absolute Gasteiger partial charge is 0.164 e. The Kier molecular flexibility index (Phi) is 3.42. The molecule has 0 spiro atoms. The maximum Gasteiger partial charge on any atom is 0.164 e. The van der Waals surface area contributed by atoms with Crippen molar-refractivity contribution in [1.82, 2.24) is 30.0 Å². The first kappa shape index (κ1) is 14.1. The van der Waals surface area contributed by atoms with Crippen LogP contribution in [0.15, 0.2) is 30.7 Å². The Balaban J connectivity index is 1.88. The van der Waals surface area contributed by atoms with Crippen LogP contribution in [0.5, 0.6) is 0 Å². The van der Waals surface area contributed by atoms with Crippen LogP contribution in [0, 0.1) is 0 Å². The maximum absolute atomic E-state index is 4.85. The van der Waals surface area contributed by atoms with Crippen molar-refractivity contribution < 1.29 is 0 Å². The fraction of sp³-hybridized carbons (Fsp3) is 0.375. The molecule has 0 aliphatic carbocycles.